The molecule has 0 spiro atoms. The van der Waals surface area contributed by atoms with Crippen LogP contribution >= 0.6 is 0 Å². The quantitative estimate of drug-likeness (QED) is 0.815. The maximum atomic E-state index is 5.50. The summed E-state index contributed by atoms with van der Waals surface area (Å²) in [7, 11) is 1.94. The fraction of sp³-hybridized carbons (Fsp3) is 0.200. The summed E-state index contributed by atoms with van der Waals surface area (Å²) in [6, 6.07) is 3.73. The van der Waals surface area contributed by atoms with Gasteiger partial charge in [-0.2, -0.15) is 4.98 Å². The lowest BCUT2D eigenvalue weighted by Crippen LogP contribution is -2.17. The van der Waals surface area contributed by atoms with E-state index >= 15 is 0 Å². The van der Waals surface area contributed by atoms with Gasteiger partial charge in [0.2, 0.25) is 5.95 Å². The van der Waals surface area contributed by atoms with Crippen molar-refractivity contribution in [2.75, 3.05) is 17.7 Å². The number of nitrogen functional groups attached to an aromatic ring is 1. The average molecular weight is 204 g/mol. The Balaban J connectivity index is 2.11. The molecule has 2 heterocycles. The lowest BCUT2D eigenvalue weighted by molar-refractivity contribution is 0.563. The molecule has 2 N–H and O–H groups in total. The molecule has 78 valence electrons. The van der Waals surface area contributed by atoms with Crippen LogP contribution in [0.5, 0.6) is 0 Å². The minimum atomic E-state index is 0.284. The number of anilines is 2. The van der Waals surface area contributed by atoms with Gasteiger partial charge in [-0.05, 0) is 12.1 Å². The molecule has 5 nitrogen and oxygen atoms in total. The van der Waals surface area contributed by atoms with Gasteiger partial charge >= 0.3 is 0 Å². The van der Waals surface area contributed by atoms with Crippen LogP contribution in [0.4, 0.5) is 11.8 Å². The van der Waals surface area contributed by atoms with Crippen molar-refractivity contribution >= 4 is 11.8 Å². The molecule has 0 atom stereocenters. The Bertz CT molecular complexity index is 427. The molecule has 0 aliphatic carbocycles. The van der Waals surface area contributed by atoms with Gasteiger partial charge < -0.3 is 15.1 Å². The van der Waals surface area contributed by atoms with Crippen LogP contribution in [0, 0.1) is 0 Å². The maximum absolute atomic E-state index is 5.50. The van der Waals surface area contributed by atoms with Crippen LogP contribution in [-0.2, 0) is 6.54 Å². The highest BCUT2D eigenvalue weighted by Gasteiger charge is 2.04. The van der Waals surface area contributed by atoms with E-state index in [9.17, 15) is 0 Å². The summed E-state index contributed by atoms with van der Waals surface area (Å²) in [6.07, 6.45) is 5.00. The Morgan fingerprint density at radius 1 is 1.47 bits per heavy atom. The second-order valence-electron chi connectivity index (χ2n) is 3.26. The lowest BCUT2D eigenvalue weighted by atomic mass is 10.3. The highest BCUT2D eigenvalue weighted by molar-refractivity contribution is 5.40. The lowest BCUT2D eigenvalue weighted by Gasteiger charge is -2.16. The van der Waals surface area contributed by atoms with Gasteiger partial charge in [-0.15, -0.1) is 0 Å². The highest BCUT2D eigenvalue weighted by atomic mass is 16.3. The molecule has 0 aliphatic heterocycles. The van der Waals surface area contributed by atoms with Gasteiger partial charge in [0.1, 0.15) is 5.82 Å². The Morgan fingerprint density at radius 3 is 3.00 bits per heavy atom. The molecular weight excluding hydrogens is 192 g/mol. The van der Waals surface area contributed by atoms with Gasteiger partial charge in [-0.1, -0.05) is 0 Å². The number of hydrogen-bond acceptors (Lipinski definition) is 5. The number of nitrogens with two attached hydrogens (primary N) is 1. The molecule has 2 aromatic heterocycles. The van der Waals surface area contributed by atoms with Crippen molar-refractivity contribution in [1.29, 1.82) is 0 Å². The third-order valence-corrected chi connectivity index (χ3v) is 2.05. The fourth-order valence-corrected chi connectivity index (χ4v) is 1.31. The molecule has 2 aromatic rings. The van der Waals surface area contributed by atoms with Gasteiger partial charge in [0.25, 0.3) is 0 Å². The molecule has 15 heavy (non-hydrogen) atoms. The monoisotopic (exact) mass is 204 g/mol. The summed E-state index contributed by atoms with van der Waals surface area (Å²) >= 11 is 0. The van der Waals surface area contributed by atoms with E-state index in [1.54, 1.807) is 18.7 Å². The van der Waals surface area contributed by atoms with Crippen molar-refractivity contribution < 1.29 is 4.42 Å². The highest BCUT2D eigenvalue weighted by Crippen LogP contribution is 2.12. The zero-order valence-corrected chi connectivity index (χ0v) is 8.42. The maximum Gasteiger partial charge on any atom is 0.221 e. The number of nitrogens with zero attached hydrogens (tertiary/aromatic N) is 3. The first-order valence-corrected chi connectivity index (χ1v) is 4.56. The van der Waals surface area contributed by atoms with E-state index in [4.69, 9.17) is 10.2 Å². The Hall–Kier alpha value is -2.04. The van der Waals surface area contributed by atoms with E-state index in [0.29, 0.717) is 0 Å². The molecule has 0 aromatic carbocycles. The molecule has 0 aliphatic rings. The molecule has 0 amide bonds. The first-order valence-electron chi connectivity index (χ1n) is 4.56. The second-order valence-corrected chi connectivity index (χ2v) is 3.26. The molecule has 0 radical (unpaired) electrons. The van der Waals surface area contributed by atoms with Crippen molar-refractivity contribution in [3.05, 3.63) is 36.4 Å². The number of rotatable bonds is 3. The van der Waals surface area contributed by atoms with E-state index in [0.717, 1.165) is 17.9 Å². The van der Waals surface area contributed by atoms with Crippen LogP contribution in [0.2, 0.25) is 0 Å². The summed E-state index contributed by atoms with van der Waals surface area (Å²) in [6.45, 7) is 0.729. The van der Waals surface area contributed by atoms with Crippen molar-refractivity contribution in [2.45, 2.75) is 6.54 Å². The van der Waals surface area contributed by atoms with E-state index in [-0.39, 0.29) is 5.95 Å². The van der Waals surface area contributed by atoms with Crippen LogP contribution in [0.1, 0.15) is 5.56 Å². The van der Waals surface area contributed by atoms with Crippen LogP contribution in [0.15, 0.2) is 35.3 Å². The molecule has 0 saturated carbocycles. The zero-order valence-electron chi connectivity index (χ0n) is 8.42. The van der Waals surface area contributed by atoms with Gasteiger partial charge in [0.05, 0.1) is 12.5 Å². The standard InChI is InChI=1S/C10H12N4O/c1-14(6-8-3-5-15-7-8)9-2-4-12-10(11)13-9/h2-5,7H,6H2,1H3,(H2,11,12,13). The third-order valence-electron chi connectivity index (χ3n) is 2.05. The predicted octanol–water partition coefficient (Wildman–Crippen LogP) is 1.29. The fourth-order valence-electron chi connectivity index (χ4n) is 1.31. The molecule has 0 unspecified atom stereocenters. The van der Waals surface area contributed by atoms with E-state index < -0.39 is 0 Å². The van der Waals surface area contributed by atoms with E-state index in [1.807, 2.05) is 24.1 Å². The zero-order chi connectivity index (χ0) is 10.7. The largest absolute Gasteiger partial charge is 0.472 e. The average Bonchev–Trinajstić information content (AvgIpc) is 2.70. The second kappa shape index (κ2) is 4.00. The molecular formula is C10H12N4O. The van der Waals surface area contributed by atoms with Crippen molar-refractivity contribution in [2.24, 2.45) is 0 Å². The Labute approximate surface area is 87.6 Å². The van der Waals surface area contributed by atoms with E-state index in [1.165, 1.54) is 0 Å². The summed E-state index contributed by atoms with van der Waals surface area (Å²) in [5, 5.41) is 0. The molecule has 0 fully saturated rings. The SMILES string of the molecule is CN(Cc1ccoc1)c1ccnc(N)n1. The van der Waals surface area contributed by atoms with Gasteiger partial charge in [0.15, 0.2) is 0 Å². The van der Waals surface area contributed by atoms with Crippen LogP contribution < -0.4 is 10.6 Å². The number of furan rings is 1. The summed E-state index contributed by atoms with van der Waals surface area (Å²) < 4.78 is 4.99. The minimum absolute atomic E-state index is 0.284. The number of hydrogen-bond donors (Lipinski definition) is 1. The van der Waals surface area contributed by atoms with E-state index in [2.05, 4.69) is 9.97 Å². The van der Waals surface area contributed by atoms with Crippen molar-refractivity contribution in [3.63, 3.8) is 0 Å². The first-order chi connectivity index (χ1) is 7.25. The predicted molar refractivity (Wildman–Crippen MR) is 57.3 cm³/mol. The minimum Gasteiger partial charge on any atom is -0.472 e. The Morgan fingerprint density at radius 2 is 2.33 bits per heavy atom. The normalized spacial score (nSPS) is 10.2. The van der Waals surface area contributed by atoms with Crippen LogP contribution in [0.25, 0.3) is 0 Å². The molecule has 5 heteroatoms. The van der Waals surface area contributed by atoms with Crippen molar-refractivity contribution in [1.82, 2.24) is 9.97 Å². The third kappa shape index (κ3) is 2.25. The summed E-state index contributed by atoms with van der Waals surface area (Å²) in [5.74, 6) is 1.08. The van der Waals surface area contributed by atoms with Crippen molar-refractivity contribution in [3.8, 4) is 0 Å². The van der Waals surface area contributed by atoms with Gasteiger partial charge in [0, 0.05) is 25.4 Å². The Kier molecular flexibility index (Phi) is 2.53. The molecule has 0 saturated heterocycles. The topological polar surface area (TPSA) is 68.2 Å². The number of aromatic nitrogens is 2. The van der Waals surface area contributed by atoms with Gasteiger partial charge in [-0.25, -0.2) is 4.98 Å². The summed E-state index contributed by atoms with van der Waals surface area (Å²) in [5.41, 5.74) is 6.59. The van der Waals surface area contributed by atoms with Gasteiger partial charge in [-0.3, -0.25) is 0 Å². The summed E-state index contributed by atoms with van der Waals surface area (Å²) in [4.78, 5) is 9.93. The smallest absolute Gasteiger partial charge is 0.221 e. The van der Waals surface area contributed by atoms with Crippen LogP contribution in [-0.4, -0.2) is 17.0 Å². The molecule has 2 rings (SSSR count). The first kappa shape index (κ1) is 9.51. The molecule has 0 bridgehead atoms. The van der Waals surface area contributed by atoms with Crippen LogP contribution in [0.3, 0.4) is 0 Å².